The molecule has 8 nitrogen and oxygen atoms in total. The molecule has 4 heterocycles. The molecule has 3 aliphatic heterocycles. The first kappa shape index (κ1) is 22.3. The molecule has 0 atom stereocenters. The van der Waals surface area contributed by atoms with Crippen molar-refractivity contribution in [1.29, 1.82) is 0 Å². The third-order valence-electron chi connectivity index (χ3n) is 5.24. The molecule has 5 rings (SSSR count). The van der Waals surface area contributed by atoms with Gasteiger partial charge in [0.25, 0.3) is 5.91 Å². The number of halogens is 1. The minimum Gasteiger partial charge on any atom is -0.459 e. The van der Waals surface area contributed by atoms with Crippen LogP contribution in [0.4, 0.5) is 5.82 Å². The Morgan fingerprint density at radius 2 is 1.77 bits per heavy atom. The van der Waals surface area contributed by atoms with Crippen LogP contribution >= 0.6 is 12.4 Å². The van der Waals surface area contributed by atoms with E-state index in [4.69, 9.17) is 14.4 Å². The molecule has 0 aliphatic carbocycles. The van der Waals surface area contributed by atoms with Crippen LogP contribution in [0.25, 0.3) is 22.6 Å². The van der Waals surface area contributed by atoms with Gasteiger partial charge in [0.1, 0.15) is 11.5 Å². The standard InChI is InChI=1S/C22H21N5O2.ClH.H2O/c1-15-23-18-14-17(16-6-3-2-4-7-16)25-20(18)21(24-15)26-9-11-27(12-10-26)22(28)19-8-5-13-29-19;;/h2-8,13-14H,9-12H2,1H3,(H,23,24);1H;1H2. The molecule has 1 aromatic carbocycles. The summed E-state index contributed by atoms with van der Waals surface area (Å²) < 4.78 is 5.25. The number of nitrogens with zero attached hydrogens (tertiary/aromatic N) is 4. The average Bonchev–Trinajstić information content (AvgIpc) is 3.43. The van der Waals surface area contributed by atoms with Gasteiger partial charge in [-0.3, -0.25) is 4.79 Å². The maximum Gasteiger partial charge on any atom is 0.289 e. The average molecular weight is 442 g/mol. The van der Waals surface area contributed by atoms with Crippen LogP contribution in [0.3, 0.4) is 0 Å². The number of rotatable bonds is 3. The number of piperazine rings is 1. The fourth-order valence-corrected chi connectivity index (χ4v) is 3.77. The third kappa shape index (κ3) is 4.26. The smallest absolute Gasteiger partial charge is 0.289 e. The van der Waals surface area contributed by atoms with E-state index in [-0.39, 0.29) is 23.8 Å². The van der Waals surface area contributed by atoms with Crippen molar-refractivity contribution in [3.63, 3.8) is 0 Å². The predicted octanol–water partition coefficient (Wildman–Crippen LogP) is 3.04. The molecule has 3 aliphatic rings. The molecule has 0 spiro atoms. The Labute approximate surface area is 186 Å². The van der Waals surface area contributed by atoms with E-state index in [1.807, 2.05) is 30.0 Å². The summed E-state index contributed by atoms with van der Waals surface area (Å²) in [7, 11) is 0. The van der Waals surface area contributed by atoms with Crippen LogP contribution in [0.1, 0.15) is 16.4 Å². The SMILES string of the molecule is Cc1nc(N2CCN(C(=O)c3ccco3)CC2)c2nc(-c3ccccc3)cc-2[nH]1.Cl.O. The number of fused-ring (bicyclic) bond motifs is 1. The Morgan fingerprint density at radius 3 is 2.45 bits per heavy atom. The highest BCUT2D eigenvalue weighted by atomic mass is 35.5. The summed E-state index contributed by atoms with van der Waals surface area (Å²) in [5.74, 6) is 2.02. The van der Waals surface area contributed by atoms with Gasteiger partial charge in [-0.15, -0.1) is 12.4 Å². The molecule has 0 saturated carbocycles. The zero-order chi connectivity index (χ0) is 19.8. The molecule has 0 radical (unpaired) electrons. The van der Waals surface area contributed by atoms with Crippen LogP contribution in [0, 0.1) is 6.92 Å². The van der Waals surface area contributed by atoms with E-state index in [1.165, 1.54) is 6.26 Å². The summed E-state index contributed by atoms with van der Waals surface area (Å²) in [5.41, 5.74) is 3.84. The van der Waals surface area contributed by atoms with Crippen LogP contribution < -0.4 is 4.90 Å². The van der Waals surface area contributed by atoms with Crippen molar-refractivity contribution in [1.82, 2.24) is 19.9 Å². The van der Waals surface area contributed by atoms with Gasteiger partial charge in [-0.05, 0) is 25.1 Å². The summed E-state index contributed by atoms with van der Waals surface area (Å²) in [5, 5.41) is 0. The highest BCUT2D eigenvalue weighted by Gasteiger charge is 2.27. The maximum atomic E-state index is 12.5. The summed E-state index contributed by atoms with van der Waals surface area (Å²) in [4.78, 5) is 29.5. The topological polar surface area (TPSA) is 110 Å². The molecule has 1 aromatic heterocycles. The first-order chi connectivity index (χ1) is 14.2. The van der Waals surface area contributed by atoms with Gasteiger partial charge < -0.3 is 24.7 Å². The van der Waals surface area contributed by atoms with E-state index in [0.717, 1.165) is 34.3 Å². The number of nitrogens with one attached hydrogen (secondary N) is 1. The zero-order valence-corrected chi connectivity index (χ0v) is 17.9. The Hall–Kier alpha value is -3.36. The molecule has 0 unspecified atom stereocenters. The molecule has 9 heteroatoms. The minimum absolute atomic E-state index is 0. The summed E-state index contributed by atoms with van der Waals surface area (Å²) in [6.45, 7) is 4.59. The number of carbonyl (C=O) groups excluding carboxylic acids is 1. The van der Waals surface area contributed by atoms with Gasteiger partial charge in [0.05, 0.1) is 17.7 Å². The van der Waals surface area contributed by atoms with Gasteiger partial charge in [-0.25, -0.2) is 9.97 Å². The second-order valence-electron chi connectivity index (χ2n) is 7.17. The highest BCUT2D eigenvalue weighted by Crippen LogP contribution is 2.34. The number of aromatic amines is 1. The quantitative estimate of drug-likeness (QED) is 0.525. The van der Waals surface area contributed by atoms with E-state index >= 15 is 0 Å². The first-order valence-electron chi connectivity index (χ1n) is 9.69. The number of carbonyl (C=O) groups is 1. The lowest BCUT2D eigenvalue weighted by atomic mass is 10.1. The van der Waals surface area contributed by atoms with Gasteiger partial charge in [-0.2, -0.15) is 0 Å². The van der Waals surface area contributed by atoms with Crippen molar-refractivity contribution in [2.45, 2.75) is 6.92 Å². The number of aryl methyl sites for hydroxylation is 1. The van der Waals surface area contributed by atoms with Gasteiger partial charge in [-0.1, -0.05) is 30.3 Å². The third-order valence-corrected chi connectivity index (χ3v) is 5.24. The summed E-state index contributed by atoms with van der Waals surface area (Å²) in [6.07, 6.45) is 1.53. The number of aromatic nitrogens is 3. The van der Waals surface area contributed by atoms with Gasteiger partial charge in [0, 0.05) is 31.7 Å². The molecule has 0 bridgehead atoms. The van der Waals surface area contributed by atoms with Gasteiger partial charge in [0.15, 0.2) is 11.6 Å². The molecular formula is C22H24ClN5O3. The van der Waals surface area contributed by atoms with Crippen LogP contribution in [-0.4, -0.2) is 57.4 Å². The maximum absolute atomic E-state index is 12.5. The first-order valence-corrected chi connectivity index (χ1v) is 9.69. The van der Waals surface area contributed by atoms with Crippen molar-refractivity contribution in [2.24, 2.45) is 0 Å². The van der Waals surface area contributed by atoms with E-state index < -0.39 is 0 Å². The second-order valence-corrected chi connectivity index (χ2v) is 7.17. The number of amides is 1. The van der Waals surface area contributed by atoms with Gasteiger partial charge in [0.2, 0.25) is 0 Å². The van der Waals surface area contributed by atoms with Crippen molar-refractivity contribution in [3.05, 3.63) is 66.4 Å². The Bertz CT molecular complexity index is 1110. The number of hydrogen-bond donors (Lipinski definition) is 1. The molecule has 1 fully saturated rings. The van der Waals surface area contributed by atoms with Crippen LogP contribution in [0.2, 0.25) is 0 Å². The number of anilines is 1. The monoisotopic (exact) mass is 441 g/mol. The molecule has 162 valence electrons. The van der Waals surface area contributed by atoms with Crippen molar-refractivity contribution >= 4 is 24.1 Å². The highest BCUT2D eigenvalue weighted by molar-refractivity contribution is 5.91. The number of hydrogen-bond acceptors (Lipinski definition) is 5. The second kappa shape index (κ2) is 9.20. The lowest BCUT2D eigenvalue weighted by Crippen LogP contribution is -2.49. The summed E-state index contributed by atoms with van der Waals surface area (Å²) in [6, 6.07) is 15.6. The fourth-order valence-electron chi connectivity index (χ4n) is 3.77. The van der Waals surface area contributed by atoms with E-state index in [0.29, 0.717) is 31.9 Å². The van der Waals surface area contributed by atoms with E-state index in [2.05, 4.69) is 28.1 Å². The fraction of sp³-hybridized carbons (Fsp3) is 0.227. The van der Waals surface area contributed by atoms with Crippen LogP contribution in [0.5, 0.6) is 0 Å². The van der Waals surface area contributed by atoms with Crippen molar-refractivity contribution in [2.75, 3.05) is 31.1 Å². The Morgan fingerprint density at radius 1 is 1.03 bits per heavy atom. The van der Waals surface area contributed by atoms with Crippen molar-refractivity contribution in [3.8, 4) is 22.6 Å². The Kier molecular flexibility index (Phi) is 6.62. The molecule has 31 heavy (non-hydrogen) atoms. The van der Waals surface area contributed by atoms with E-state index in [1.54, 1.807) is 12.1 Å². The lowest BCUT2D eigenvalue weighted by molar-refractivity contribution is 0.0714. The summed E-state index contributed by atoms with van der Waals surface area (Å²) >= 11 is 0. The Balaban J connectivity index is 0.00000136. The molecule has 1 amide bonds. The molecule has 3 N–H and O–H groups in total. The molecular weight excluding hydrogens is 418 g/mol. The number of H-pyrrole nitrogens is 1. The largest absolute Gasteiger partial charge is 0.459 e. The number of benzene rings is 1. The molecule has 1 saturated heterocycles. The minimum atomic E-state index is -0.0665. The van der Waals surface area contributed by atoms with Crippen molar-refractivity contribution < 1.29 is 14.7 Å². The predicted molar refractivity (Wildman–Crippen MR) is 121 cm³/mol. The van der Waals surface area contributed by atoms with Gasteiger partial charge >= 0.3 is 0 Å². The van der Waals surface area contributed by atoms with Crippen LogP contribution in [0.15, 0.2) is 59.2 Å². The molecule has 2 aromatic rings. The van der Waals surface area contributed by atoms with Crippen LogP contribution in [-0.2, 0) is 0 Å². The lowest BCUT2D eigenvalue weighted by Gasteiger charge is -2.35. The normalized spacial score (nSPS) is 13.6. The number of furan rings is 1. The zero-order valence-electron chi connectivity index (χ0n) is 17.0. The van der Waals surface area contributed by atoms with E-state index in [9.17, 15) is 4.79 Å².